The molecule has 1 aliphatic rings. The van der Waals surface area contributed by atoms with Crippen molar-refractivity contribution < 1.29 is 9.63 Å². The van der Waals surface area contributed by atoms with Crippen LogP contribution in [0.2, 0.25) is 0 Å². The molecule has 2 heterocycles. The first kappa shape index (κ1) is 11.4. The molecule has 1 aliphatic carbocycles. The molecule has 96 valence electrons. The summed E-state index contributed by atoms with van der Waals surface area (Å²) in [6.45, 7) is 0. The van der Waals surface area contributed by atoms with Crippen LogP contribution in [-0.4, -0.2) is 30.9 Å². The minimum Gasteiger partial charge on any atom is -0.392 e. The Balaban J connectivity index is 1.87. The molecule has 6 nitrogen and oxygen atoms in total. The smallest absolute Gasteiger partial charge is 0.238 e. The number of aromatic nitrogens is 4. The summed E-state index contributed by atoms with van der Waals surface area (Å²) < 4.78 is 7.12. The summed E-state index contributed by atoms with van der Waals surface area (Å²) in [4.78, 5) is 8.55. The molecule has 0 aliphatic heterocycles. The summed E-state index contributed by atoms with van der Waals surface area (Å²) in [6.07, 6.45) is 7.05. The quantitative estimate of drug-likeness (QED) is 0.871. The third-order valence-corrected chi connectivity index (χ3v) is 3.51. The first-order valence-corrected chi connectivity index (χ1v) is 6.25. The molecule has 0 amide bonds. The molecule has 1 fully saturated rings. The van der Waals surface area contributed by atoms with Gasteiger partial charge in [-0.1, -0.05) is 18.0 Å². The number of hydrogen-bond donors (Lipinski definition) is 1. The lowest BCUT2D eigenvalue weighted by Gasteiger charge is -2.24. The minimum absolute atomic E-state index is 0.0275. The molecule has 0 saturated heterocycles. The van der Waals surface area contributed by atoms with Gasteiger partial charge in [-0.2, -0.15) is 4.98 Å². The zero-order valence-corrected chi connectivity index (χ0v) is 10.3. The number of aliphatic hydroxyl groups excluding tert-OH is 1. The Morgan fingerprint density at radius 2 is 2.22 bits per heavy atom. The molecule has 6 heteroatoms. The van der Waals surface area contributed by atoms with Crippen LogP contribution in [0.5, 0.6) is 0 Å². The van der Waals surface area contributed by atoms with Crippen molar-refractivity contribution in [2.45, 2.75) is 37.7 Å². The average Bonchev–Trinajstić information content (AvgIpc) is 2.98. The van der Waals surface area contributed by atoms with Gasteiger partial charge in [0.15, 0.2) is 5.82 Å². The highest BCUT2D eigenvalue weighted by Crippen LogP contribution is 2.32. The Morgan fingerprint density at radius 3 is 2.94 bits per heavy atom. The average molecular weight is 248 g/mol. The minimum atomic E-state index is -0.367. The third-order valence-electron chi connectivity index (χ3n) is 3.51. The lowest BCUT2D eigenvalue weighted by Crippen LogP contribution is -2.22. The van der Waals surface area contributed by atoms with Crippen molar-refractivity contribution in [2.24, 2.45) is 7.05 Å². The van der Waals surface area contributed by atoms with Gasteiger partial charge < -0.3 is 14.2 Å². The van der Waals surface area contributed by atoms with Crippen molar-refractivity contribution in [2.75, 3.05) is 0 Å². The molecule has 0 spiro atoms. The predicted octanol–water partition coefficient (Wildman–Crippen LogP) is 1.49. The molecule has 1 saturated carbocycles. The van der Waals surface area contributed by atoms with Gasteiger partial charge in [-0.25, -0.2) is 4.98 Å². The maximum absolute atomic E-state index is 9.97. The fourth-order valence-corrected chi connectivity index (χ4v) is 2.46. The summed E-state index contributed by atoms with van der Waals surface area (Å²) in [6, 6.07) is 0. The second-order valence-corrected chi connectivity index (χ2v) is 4.78. The lowest BCUT2D eigenvalue weighted by atomic mass is 9.86. The van der Waals surface area contributed by atoms with Crippen molar-refractivity contribution >= 4 is 0 Å². The molecule has 1 N–H and O–H groups in total. The fourth-order valence-electron chi connectivity index (χ4n) is 2.46. The molecular formula is C12H16N4O2. The van der Waals surface area contributed by atoms with E-state index in [-0.39, 0.29) is 12.0 Å². The Labute approximate surface area is 105 Å². The summed E-state index contributed by atoms with van der Waals surface area (Å²) in [5, 5.41) is 13.9. The van der Waals surface area contributed by atoms with Crippen molar-refractivity contribution in [3.8, 4) is 11.6 Å². The highest BCUT2D eigenvalue weighted by molar-refractivity contribution is 5.42. The second-order valence-electron chi connectivity index (χ2n) is 4.78. The molecule has 2 aromatic heterocycles. The van der Waals surface area contributed by atoms with Crippen molar-refractivity contribution in [1.82, 2.24) is 19.7 Å². The van der Waals surface area contributed by atoms with Gasteiger partial charge in [-0.15, -0.1) is 0 Å². The van der Waals surface area contributed by atoms with Gasteiger partial charge in [0.2, 0.25) is 11.7 Å². The van der Waals surface area contributed by atoms with Crippen LogP contribution in [0.1, 0.15) is 37.5 Å². The van der Waals surface area contributed by atoms with E-state index >= 15 is 0 Å². The number of nitrogens with zero attached hydrogens (tertiary/aromatic N) is 4. The van der Waals surface area contributed by atoms with Crippen LogP contribution in [0, 0.1) is 0 Å². The van der Waals surface area contributed by atoms with Gasteiger partial charge in [0.05, 0.1) is 12.0 Å². The number of aliphatic hydroxyl groups is 1. The molecule has 2 aromatic rings. The molecule has 18 heavy (non-hydrogen) atoms. The van der Waals surface area contributed by atoms with E-state index in [2.05, 4.69) is 15.1 Å². The van der Waals surface area contributed by atoms with E-state index < -0.39 is 0 Å². The van der Waals surface area contributed by atoms with E-state index in [1.54, 1.807) is 6.20 Å². The summed E-state index contributed by atoms with van der Waals surface area (Å²) >= 11 is 0. The van der Waals surface area contributed by atoms with Gasteiger partial charge >= 0.3 is 0 Å². The van der Waals surface area contributed by atoms with Crippen molar-refractivity contribution in [3.05, 3.63) is 18.3 Å². The Kier molecular flexibility index (Phi) is 2.87. The van der Waals surface area contributed by atoms with E-state index in [1.165, 1.54) is 0 Å². The topological polar surface area (TPSA) is 77.0 Å². The Hall–Kier alpha value is -1.69. The molecule has 0 radical (unpaired) electrons. The highest BCUT2D eigenvalue weighted by Gasteiger charge is 2.29. The predicted molar refractivity (Wildman–Crippen MR) is 63.7 cm³/mol. The van der Waals surface area contributed by atoms with Crippen molar-refractivity contribution in [1.29, 1.82) is 0 Å². The summed E-state index contributed by atoms with van der Waals surface area (Å²) in [7, 11) is 1.88. The zero-order valence-electron chi connectivity index (χ0n) is 10.3. The first-order chi connectivity index (χ1) is 8.75. The van der Waals surface area contributed by atoms with E-state index in [0.717, 1.165) is 25.7 Å². The SMILES string of the molecule is Cn1ccnc1-c1noc(C2CCCCC2O)n1. The second kappa shape index (κ2) is 4.53. The number of imidazole rings is 1. The molecule has 2 unspecified atom stereocenters. The summed E-state index contributed by atoms with van der Waals surface area (Å²) in [5.41, 5.74) is 0. The maximum Gasteiger partial charge on any atom is 0.238 e. The highest BCUT2D eigenvalue weighted by atomic mass is 16.5. The number of aryl methyl sites for hydroxylation is 1. The van der Waals surface area contributed by atoms with Gasteiger partial charge in [-0.05, 0) is 12.8 Å². The van der Waals surface area contributed by atoms with Crippen LogP contribution in [0.4, 0.5) is 0 Å². The van der Waals surface area contributed by atoms with E-state index in [0.29, 0.717) is 17.5 Å². The van der Waals surface area contributed by atoms with E-state index in [4.69, 9.17) is 4.52 Å². The van der Waals surface area contributed by atoms with Crippen LogP contribution >= 0.6 is 0 Å². The largest absolute Gasteiger partial charge is 0.392 e. The Bertz CT molecular complexity index is 534. The van der Waals surface area contributed by atoms with Crippen LogP contribution in [0.15, 0.2) is 16.9 Å². The van der Waals surface area contributed by atoms with Gasteiger partial charge in [0.1, 0.15) is 0 Å². The molecule has 2 atom stereocenters. The number of hydrogen-bond acceptors (Lipinski definition) is 5. The van der Waals surface area contributed by atoms with Gasteiger partial charge in [0.25, 0.3) is 0 Å². The van der Waals surface area contributed by atoms with Gasteiger partial charge in [-0.3, -0.25) is 0 Å². The summed E-state index contributed by atoms with van der Waals surface area (Å²) in [5.74, 6) is 1.66. The monoisotopic (exact) mass is 248 g/mol. The molecule has 0 bridgehead atoms. The first-order valence-electron chi connectivity index (χ1n) is 6.25. The van der Waals surface area contributed by atoms with E-state index in [9.17, 15) is 5.11 Å². The fraction of sp³-hybridized carbons (Fsp3) is 0.583. The standard InChI is InChI=1S/C12H16N4O2/c1-16-7-6-13-11(16)10-14-12(18-15-10)8-4-2-3-5-9(8)17/h6-9,17H,2-5H2,1H3. The van der Waals surface area contributed by atoms with Crippen LogP contribution < -0.4 is 0 Å². The van der Waals surface area contributed by atoms with Crippen molar-refractivity contribution in [3.63, 3.8) is 0 Å². The third kappa shape index (κ3) is 1.92. The van der Waals surface area contributed by atoms with Crippen LogP contribution in [-0.2, 0) is 7.05 Å². The Morgan fingerprint density at radius 1 is 1.39 bits per heavy atom. The maximum atomic E-state index is 9.97. The number of rotatable bonds is 2. The zero-order chi connectivity index (χ0) is 12.5. The molecular weight excluding hydrogens is 232 g/mol. The van der Waals surface area contributed by atoms with Crippen LogP contribution in [0.25, 0.3) is 11.6 Å². The van der Waals surface area contributed by atoms with E-state index in [1.807, 2.05) is 17.8 Å². The molecule has 3 rings (SSSR count). The normalized spacial score (nSPS) is 24.3. The van der Waals surface area contributed by atoms with Gasteiger partial charge in [0, 0.05) is 19.4 Å². The van der Waals surface area contributed by atoms with Crippen LogP contribution in [0.3, 0.4) is 0 Å². The molecule has 0 aromatic carbocycles. The lowest BCUT2D eigenvalue weighted by molar-refractivity contribution is 0.0908.